The molecule has 0 amide bonds. The average Bonchev–Trinajstić information content (AvgIpc) is 3.01. The van der Waals surface area contributed by atoms with Gasteiger partial charge in [-0.2, -0.15) is 0 Å². The molecule has 0 bridgehead atoms. The second-order valence-electron chi connectivity index (χ2n) is 11.3. The number of alkyl halides is 3. The summed E-state index contributed by atoms with van der Waals surface area (Å²) in [7, 11) is 0. The Bertz CT molecular complexity index is 1030. The van der Waals surface area contributed by atoms with Gasteiger partial charge in [0.05, 0.1) is 6.10 Å². The minimum Gasteiger partial charge on any atom is -0.449 e. The van der Waals surface area contributed by atoms with Gasteiger partial charge in [0.2, 0.25) is 5.12 Å². The van der Waals surface area contributed by atoms with Crippen LogP contribution in [0.25, 0.3) is 0 Å². The van der Waals surface area contributed by atoms with E-state index in [0.29, 0.717) is 11.8 Å². The molecule has 4 rings (SSSR count). The number of ketones is 1. The number of aliphatic hydroxyl groups excluding tert-OH is 1. The smallest absolute Gasteiger partial charge is 0.306 e. The number of allylic oxidation sites excluding steroid dienone is 4. The van der Waals surface area contributed by atoms with Crippen LogP contribution in [0.15, 0.2) is 23.8 Å². The molecule has 0 heterocycles. The van der Waals surface area contributed by atoms with Gasteiger partial charge in [-0.05, 0) is 61.6 Å². The van der Waals surface area contributed by atoms with Gasteiger partial charge in [0.1, 0.15) is 12.2 Å². The molecule has 9 atom stereocenters. The molecule has 0 saturated heterocycles. The molecule has 35 heavy (non-hydrogen) atoms. The third kappa shape index (κ3) is 3.03. The van der Waals surface area contributed by atoms with E-state index in [1.165, 1.54) is 19.1 Å². The van der Waals surface area contributed by atoms with Crippen molar-refractivity contribution in [3.63, 3.8) is 0 Å². The minimum atomic E-state index is -2.36. The lowest BCUT2D eigenvalue weighted by Crippen LogP contribution is -2.74. The van der Waals surface area contributed by atoms with E-state index < -0.39 is 74.5 Å². The first-order valence-electron chi connectivity index (χ1n) is 12.1. The molecule has 0 aliphatic heterocycles. The quantitative estimate of drug-likeness (QED) is 0.542. The monoisotopic (exact) mass is 514 g/mol. The van der Waals surface area contributed by atoms with Crippen molar-refractivity contribution in [1.82, 2.24) is 0 Å². The van der Waals surface area contributed by atoms with E-state index in [-0.39, 0.29) is 31.3 Å². The van der Waals surface area contributed by atoms with Crippen molar-refractivity contribution in [2.75, 3.05) is 6.01 Å². The molecule has 2 unspecified atom stereocenters. The molecule has 0 aromatic rings. The van der Waals surface area contributed by atoms with Crippen molar-refractivity contribution >= 4 is 28.6 Å². The van der Waals surface area contributed by atoms with Crippen LogP contribution >= 0.6 is 11.8 Å². The maximum Gasteiger partial charge on any atom is 0.306 e. The van der Waals surface area contributed by atoms with Crippen LogP contribution in [0.5, 0.6) is 0 Å². The van der Waals surface area contributed by atoms with Gasteiger partial charge in [0.25, 0.3) is 0 Å². The van der Waals surface area contributed by atoms with Crippen molar-refractivity contribution in [3.8, 4) is 0 Å². The van der Waals surface area contributed by atoms with E-state index >= 15 is 8.78 Å². The van der Waals surface area contributed by atoms with E-state index in [0.717, 1.165) is 6.08 Å². The molecule has 4 aliphatic carbocycles. The van der Waals surface area contributed by atoms with Crippen molar-refractivity contribution in [2.24, 2.45) is 28.1 Å². The normalized spacial score (nSPS) is 48.5. The van der Waals surface area contributed by atoms with Gasteiger partial charge >= 0.3 is 5.97 Å². The minimum absolute atomic E-state index is 0.00593. The summed E-state index contributed by atoms with van der Waals surface area (Å²) in [5.74, 6) is -2.37. The summed E-state index contributed by atoms with van der Waals surface area (Å²) < 4.78 is 52.6. The van der Waals surface area contributed by atoms with Crippen molar-refractivity contribution in [3.05, 3.63) is 23.8 Å². The van der Waals surface area contributed by atoms with Gasteiger partial charge in [0.15, 0.2) is 17.1 Å². The van der Waals surface area contributed by atoms with Crippen molar-refractivity contribution in [2.45, 2.75) is 83.8 Å². The predicted octanol–water partition coefficient (Wildman–Crippen LogP) is 4.82. The Kier molecular flexibility index (Phi) is 6.20. The van der Waals surface area contributed by atoms with Crippen LogP contribution < -0.4 is 0 Å². The maximum atomic E-state index is 17.6. The van der Waals surface area contributed by atoms with Gasteiger partial charge < -0.3 is 9.84 Å². The number of aliphatic hydroxyl groups is 1. The lowest BCUT2D eigenvalue weighted by Gasteiger charge is -2.68. The molecule has 3 saturated carbocycles. The standard InChI is InChI=1S/C26H33F3O5S/c1-6-20(32)34-25(21(33)35-13-27)14(2)9-18-23(25,4)12-19(31)26(29)22(3)8-7-15(30)10-16(22)17(28)11-24(18,26)5/h7-8,10,14,17-19,31H,6,9,11-13H2,1-5H3/t14-,17+,18-,19+,22?,23+,24?,25+,26+/m1/s1. The zero-order valence-corrected chi connectivity index (χ0v) is 21.5. The SMILES string of the molecule is CCC(=O)O[C@]1(C(=O)SCF)[C@H](C)C[C@H]2C3(C)C[C@H](F)C4=CC(=O)C=CC4(C)[C@@]3(F)[C@@H](O)C[C@@]21C. The van der Waals surface area contributed by atoms with E-state index in [4.69, 9.17) is 4.74 Å². The number of carbonyl (C=O) groups is 3. The zero-order valence-electron chi connectivity index (χ0n) is 20.7. The number of hydrogen-bond acceptors (Lipinski definition) is 6. The second kappa shape index (κ2) is 8.20. The molecule has 0 aromatic carbocycles. The number of thioether (sulfide) groups is 1. The Hall–Kier alpha value is -1.61. The lowest BCUT2D eigenvalue weighted by molar-refractivity contribution is -0.262. The van der Waals surface area contributed by atoms with Gasteiger partial charge in [-0.25, -0.2) is 13.2 Å². The van der Waals surface area contributed by atoms with E-state index in [9.17, 15) is 23.9 Å². The van der Waals surface area contributed by atoms with Crippen molar-refractivity contribution in [1.29, 1.82) is 0 Å². The van der Waals surface area contributed by atoms with E-state index in [1.807, 2.05) is 0 Å². The first kappa shape index (κ1) is 26.5. The molecule has 0 radical (unpaired) electrons. The molecular weight excluding hydrogens is 481 g/mol. The number of esters is 1. The number of rotatable bonds is 4. The van der Waals surface area contributed by atoms with Crippen LogP contribution in [0.1, 0.15) is 60.3 Å². The highest BCUT2D eigenvalue weighted by Gasteiger charge is 2.81. The van der Waals surface area contributed by atoms with E-state index in [2.05, 4.69) is 0 Å². The number of fused-ring (bicyclic) bond motifs is 5. The fourth-order valence-corrected chi connectivity index (χ4v) is 9.08. The molecule has 0 aromatic heterocycles. The fourth-order valence-electron chi connectivity index (χ4n) is 8.29. The Morgan fingerprint density at radius 2 is 1.89 bits per heavy atom. The van der Waals surface area contributed by atoms with Crippen LogP contribution in [0, 0.1) is 28.1 Å². The molecule has 0 spiro atoms. The molecule has 194 valence electrons. The summed E-state index contributed by atoms with van der Waals surface area (Å²) >= 11 is 0.395. The molecule has 5 nitrogen and oxygen atoms in total. The summed E-state index contributed by atoms with van der Waals surface area (Å²) in [6.45, 7) is 8.06. The predicted molar refractivity (Wildman–Crippen MR) is 125 cm³/mol. The number of hydrogen-bond donors (Lipinski definition) is 1. The van der Waals surface area contributed by atoms with Gasteiger partial charge in [0, 0.05) is 28.6 Å². The lowest BCUT2D eigenvalue weighted by atomic mass is 9.39. The molecule has 1 N–H and O–H groups in total. The van der Waals surface area contributed by atoms with Gasteiger partial charge in [-0.3, -0.25) is 14.4 Å². The Morgan fingerprint density at radius 3 is 2.49 bits per heavy atom. The van der Waals surface area contributed by atoms with E-state index in [1.54, 1.807) is 27.7 Å². The highest BCUT2D eigenvalue weighted by atomic mass is 32.2. The van der Waals surface area contributed by atoms with Crippen LogP contribution in [0.3, 0.4) is 0 Å². The molecule has 4 aliphatic rings. The highest BCUT2D eigenvalue weighted by Crippen LogP contribution is 2.76. The molecule has 9 heteroatoms. The zero-order chi connectivity index (χ0) is 26.2. The van der Waals surface area contributed by atoms with Crippen LogP contribution in [0.4, 0.5) is 13.2 Å². The Balaban J connectivity index is 1.93. The number of carbonyl (C=O) groups excluding carboxylic acids is 3. The summed E-state index contributed by atoms with van der Waals surface area (Å²) in [6.07, 6.45) is 0.0290. The first-order valence-corrected chi connectivity index (χ1v) is 13.1. The Labute approximate surface area is 207 Å². The number of halogens is 3. The van der Waals surface area contributed by atoms with Gasteiger partial charge in [-0.15, -0.1) is 0 Å². The van der Waals surface area contributed by atoms with Crippen LogP contribution in [-0.4, -0.2) is 51.5 Å². The second-order valence-corrected chi connectivity index (χ2v) is 12.1. The third-order valence-electron chi connectivity index (χ3n) is 9.80. The van der Waals surface area contributed by atoms with Gasteiger partial charge in [-0.1, -0.05) is 33.8 Å². The third-order valence-corrected chi connectivity index (χ3v) is 10.5. The summed E-state index contributed by atoms with van der Waals surface area (Å²) in [6, 6.07) is -1.03. The number of ether oxygens (including phenoxy) is 1. The Morgan fingerprint density at radius 1 is 1.23 bits per heavy atom. The molecular formula is C26H33F3O5S. The first-order chi connectivity index (χ1) is 16.2. The largest absolute Gasteiger partial charge is 0.449 e. The summed E-state index contributed by atoms with van der Waals surface area (Å²) in [5, 5.41) is 10.9. The summed E-state index contributed by atoms with van der Waals surface area (Å²) in [5.41, 5.74) is -8.49. The fraction of sp³-hybridized carbons (Fsp3) is 0.731. The van der Waals surface area contributed by atoms with Crippen LogP contribution in [0.2, 0.25) is 0 Å². The maximum absolute atomic E-state index is 17.6. The van der Waals surface area contributed by atoms with Crippen LogP contribution in [-0.2, 0) is 19.1 Å². The highest BCUT2D eigenvalue weighted by molar-refractivity contribution is 8.13. The summed E-state index contributed by atoms with van der Waals surface area (Å²) in [4.78, 5) is 38.0. The molecule has 3 fully saturated rings. The average molecular weight is 515 g/mol. The topological polar surface area (TPSA) is 80.7 Å². The van der Waals surface area contributed by atoms with Crippen molar-refractivity contribution < 1.29 is 37.4 Å².